The summed E-state index contributed by atoms with van der Waals surface area (Å²) in [7, 11) is 0. The van der Waals surface area contributed by atoms with Crippen molar-refractivity contribution in [2.75, 3.05) is 13.1 Å². The molecule has 2 N–H and O–H groups in total. The predicted molar refractivity (Wildman–Crippen MR) is 60.4 cm³/mol. The molecule has 2 saturated heterocycles. The fourth-order valence-electron chi connectivity index (χ4n) is 1.75. The van der Waals surface area contributed by atoms with Gasteiger partial charge in [0, 0.05) is 25.9 Å². The zero-order chi connectivity index (χ0) is 12.7. The molecule has 2 aliphatic heterocycles. The Hall–Kier alpha value is -1.59. The van der Waals surface area contributed by atoms with Crippen LogP contribution in [0.25, 0.3) is 0 Å². The molecule has 17 heavy (non-hydrogen) atoms. The summed E-state index contributed by atoms with van der Waals surface area (Å²) >= 11 is 0. The number of hydrogen-bond donors (Lipinski definition) is 2. The average Bonchev–Trinajstić information content (AvgIpc) is 2.56. The zero-order valence-corrected chi connectivity index (χ0v) is 9.78. The molecule has 2 aliphatic rings. The van der Waals surface area contributed by atoms with Crippen LogP contribution in [-0.2, 0) is 9.59 Å². The van der Waals surface area contributed by atoms with E-state index in [0.717, 1.165) is 30.7 Å². The maximum Gasteiger partial charge on any atom is 0.414 e. The highest BCUT2D eigenvalue weighted by Crippen LogP contribution is 2.08. The van der Waals surface area contributed by atoms with Gasteiger partial charge in [0.15, 0.2) is 0 Å². The highest BCUT2D eigenvalue weighted by molar-refractivity contribution is 5.92. The summed E-state index contributed by atoms with van der Waals surface area (Å²) in [4.78, 5) is 32.1. The molecule has 2 heterocycles. The number of carbonyl (C=O) groups excluding carboxylic acids is 2. The van der Waals surface area contributed by atoms with E-state index in [1.807, 2.05) is 0 Å². The highest BCUT2D eigenvalue weighted by atomic mass is 16.4. The van der Waals surface area contributed by atoms with E-state index in [2.05, 4.69) is 5.32 Å². The minimum atomic E-state index is -1.13. The lowest BCUT2D eigenvalue weighted by Crippen LogP contribution is -2.29. The van der Waals surface area contributed by atoms with Crippen LogP contribution in [0.4, 0.5) is 4.79 Å². The molecule has 0 radical (unpaired) electrons. The van der Waals surface area contributed by atoms with Gasteiger partial charge in [-0.15, -0.1) is 0 Å². The van der Waals surface area contributed by atoms with E-state index < -0.39 is 6.09 Å². The van der Waals surface area contributed by atoms with Crippen LogP contribution in [0, 0.1) is 0 Å². The molecule has 0 spiro atoms. The van der Waals surface area contributed by atoms with Crippen molar-refractivity contribution in [3.05, 3.63) is 0 Å². The first-order chi connectivity index (χ1) is 8.11. The van der Waals surface area contributed by atoms with Gasteiger partial charge in [-0.25, -0.2) is 9.69 Å². The molecule has 6 heteroatoms. The van der Waals surface area contributed by atoms with E-state index in [9.17, 15) is 14.4 Å². The van der Waals surface area contributed by atoms with Crippen molar-refractivity contribution >= 4 is 17.9 Å². The number of hydrogen-bond acceptors (Lipinski definition) is 3. The fourth-order valence-corrected chi connectivity index (χ4v) is 1.75. The average molecular weight is 242 g/mol. The Morgan fingerprint density at radius 1 is 1.12 bits per heavy atom. The van der Waals surface area contributed by atoms with Gasteiger partial charge < -0.3 is 10.4 Å². The third-order valence-corrected chi connectivity index (χ3v) is 2.71. The van der Waals surface area contributed by atoms with Gasteiger partial charge in [-0.1, -0.05) is 6.42 Å². The number of rotatable bonds is 0. The monoisotopic (exact) mass is 242 g/mol. The maximum atomic E-state index is 10.6. The molecule has 6 nitrogen and oxygen atoms in total. The molecular weight excluding hydrogens is 224 g/mol. The van der Waals surface area contributed by atoms with Crippen molar-refractivity contribution in [2.24, 2.45) is 0 Å². The molecule has 0 aliphatic carbocycles. The Morgan fingerprint density at radius 2 is 1.88 bits per heavy atom. The second-order valence-corrected chi connectivity index (χ2v) is 4.09. The topological polar surface area (TPSA) is 86.7 Å². The number of imide groups is 1. The van der Waals surface area contributed by atoms with E-state index in [4.69, 9.17) is 5.11 Å². The van der Waals surface area contributed by atoms with Crippen molar-refractivity contribution < 1.29 is 19.5 Å². The fraction of sp³-hybridized carbons (Fsp3) is 0.727. The Morgan fingerprint density at radius 3 is 2.41 bits per heavy atom. The lowest BCUT2D eigenvalue weighted by molar-refractivity contribution is -0.126. The summed E-state index contributed by atoms with van der Waals surface area (Å²) in [6.07, 6.45) is 4.10. The second kappa shape index (κ2) is 6.88. The number of carboxylic acid groups (broad SMARTS) is 1. The van der Waals surface area contributed by atoms with Gasteiger partial charge in [0.25, 0.3) is 0 Å². The van der Waals surface area contributed by atoms with Crippen LogP contribution in [0.1, 0.15) is 38.5 Å². The SMILES string of the molecule is O=C(O)N1CCCC1=O.O=C1CCCCCN1. The van der Waals surface area contributed by atoms with Gasteiger partial charge >= 0.3 is 6.09 Å². The Kier molecular flexibility index (Phi) is 5.45. The minimum absolute atomic E-state index is 0.225. The summed E-state index contributed by atoms with van der Waals surface area (Å²) in [5, 5.41) is 11.1. The van der Waals surface area contributed by atoms with Gasteiger partial charge in [0.1, 0.15) is 0 Å². The summed E-state index contributed by atoms with van der Waals surface area (Å²) in [5.41, 5.74) is 0. The van der Waals surface area contributed by atoms with Crippen LogP contribution in [0.3, 0.4) is 0 Å². The molecule has 0 bridgehead atoms. The standard InChI is InChI=1S/C6H11NO.C5H7NO3/c8-6-4-2-1-3-5-7-6;7-4-2-1-3-6(4)5(8)9/h1-5H2,(H,7,8);1-3H2,(H,8,9). The first-order valence-corrected chi connectivity index (χ1v) is 5.91. The van der Waals surface area contributed by atoms with Gasteiger partial charge in [-0.3, -0.25) is 9.59 Å². The molecule has 0 atom stereocenters. The van der Waals surface area contributed by atoms with Crippen LogP contribution < -0.4 is 5.32 Å². The largest absolute Gasteiger partial charge is 0.465 e. The first-order valence-electron chi connectivity index (χ1n) is 5.91. The normalized spacial score (nSPS) is 20.1. The third-order valence-electron chi connectivity index (χ3n) is 2.71. The number of amides is 3. The van der Waals surface area contributed by atoms with Gasteiger partial charge in [-0.2, -0.15) is 0 Å². The molecule has 0 aromatic heterocycles. The minimum Gasteiger partial charge on any atom is -0.465 e. The van der Waals surface area contributed by atoms with E-state index >= 15 is 0 Å². The van der Waals surface area contributed by atoms with Crippen molar-refractivity contribution in [1.29, 1.82) is 0 Å². The molecule has 0 aromatic rings. The Bertz CT molecular complexity index is 294. The molecule has 0 saturated carbocycles. The molecule has 2 fully saturated rings. The van der Waals surface area contributed by atoms with E-state index in [1.165, 1.54) is 6.42 Å². The number of nitrogens with zero attached hydrogens (tertiary/aromatic N) is 1. The van der Waals surface area contributed by atoms with E-state index in [1.54, 1.807) is 0 Å². The van der Waals surface area contributed by atoms with Crippen molar-refractivity contribution in [3.63, 3.8) is 0 Å². The number of nitrogens with one attached hydrogen (secondary N) is 1. The van der Waals surface area contributed by atoms with Gasteiger partial charge in [-0.05, 0) is 19.3 Å². The molecule has 0 unspecified atom stereocenters. The first kappa shape index (κ1) is 13.5. The summed E-state index contributed by atoms with van der Waals surface area (Å²) in [6, 6.07) is 0. The summed E-state index contributed by atoms with van der Waals surface area (Å²) < 4.78 is 0. The molecule has 0 aromatic carbocycles. The van der Waals surface area contributed by atoms with Gasteiger partial charge in [0.2, 0.25) is 11.8 Å². The number of carbonyl (C=O) groups is 3. The van der Waals surface area contributed by atoms with Crippen molar-refractivity contribution in [2.45, 2.75) is 38.5 Å². The van der Waals surface area contributed by atoms with Crippen LogP contribution in [0.2, 0.25) is 0 Å². The van der Waals surface area contributed by atoms with Crippen LogP contribution in [0.5, 0.6) is 0 Å². The second-order valence-electron chi connectivity index (χ2n) is 4.09. The third kappa shape index (κ3) is 4.84. The zero-order valence-electron chi connectivity index (χ0n) is 9.78. The van der Waals surface area contributed by atoms with E-state index in [-0.39, 0.29) is 11.8 Å². The quantitative estimate of drug-likeness (QED) is 0.662. The predicted octanol–water partition coefficient (Wildman–Crippen LogP) is 0.963. The molecule has 96 valence electrons. The molecule has 2 rings (SSSR count). The number of likely N-dealkylation sites (tertiary alicyclic amines) is 1. The van der Waals surface area contributed by atoms with Crippen LogP contribution >= 0.6 is 0 Å². The summed E-state index contributed by atoms with van der Waals surface area (Å²) in [6.45, 7) is 1.26. The van der Waals surface area contributed by atoms with Gasteiger partial charge in [0.05, 0.1) is 0 Å². The Balaban J connectivity index is 0.000000171. The van der Waals surface area contributed by atoms with Crippen LogP contribution in [0.15, 0.2) is 0 Å². The Labute approximate surface area is 100.0 Å². The van der Waals surface area contributed by atoms with E-state index in [0.29, 0.717) is 19.4 Å². The van der Waals surface area contributed by atoms with Crippen molar-refractivity contribution in [1.82, 2.24) is 10.2 Å². The molecule has 3 amide bonds. The smallest absolute Gasteiger partial charge is 0.414 e. The lowest BCUT2D eigenvalue weighted by atomic mass is 10.2. The molecular formula is C11H18N2O4. The maximum absolute atomic E-state index is 10.6. The summed E-state index contributed by atoms with van der Waals surface area (Å²) in [5.74, 6) is -0.0509. The lowest BCUT2D eigenvalue weighted by Gasteiger charge is -2.05. The van der Waals surface area contributed by atoms with Crippen LogP contribution in [-0.4, -0.2) is 41.0 Å². The highest BCUT2D eigenvalue weighted by Gasteiger charge is 2.25. The van der Waals surface area contributed by atoms with Crippen molar-refractivity contribution in [3.8, 4) is 0 Å².